The lowest BCUT2D eigenvalue weighted by molar-refractivity contribution is 0.574. The van der Waals surface area contributed by atoms with Gasteiger partial charge in [-0.3, -0.25) is 9.36 Å². The van der Waals surface area contributed by atoms with Gasteiger partial charge in [0.25, 0.3) is 5.56 Å². The molecule has 0 spiro atoms. The molecule has 0 radical (unpaired) electrons. The smallest absolute Gasteiger partial charge is 0.252 e. The summed E-state index contributed by atoms with van der Waals surface area (Å²) in [6, 6.07) is 21.1. The first-order chi connectivity index (χ1) is 16.6. The van der Waals surface area contributed by atoms with Crippen LogP contribution in [0, 0.1) is 0 Å². The highest BCUT2D eigenvalue weighted by molar-refractivity contribution is 6.35. The van der Waals surface area contributed by atoms with Crippen molar-refractivity contribution in [2.75, 3.05) is 23.3 Å². The van der Waals surface area contributed by atoms with E-state index in [2.05, 4.69) is 21.3 Å². The van der Waals surface area contributed by atoms with Crippen LogP contribution < -0.4 is 15.8 Å². The summed E-state index contributed by atoms with van der Waals surface area (Å²) < 4.78 is 1.81. The summed E-state index contributed by atoms with van der Waals surface area (Å²) in [6.07, 6.45) is 3.31. The predicted octanol–water partition coefficient (Wildman–Crippen LogP) is 5.81. The summed E-state index contributed by atoms with van der Waals surface area (Å²) in [5.74, 6) is 2.12. The van der Waals surface area contributed by atoms with E-state index in [-0.39, 0.29) is 5.56 Å². The van der Waals surface area contributed by atoms with Gasteiger partial charge in [0.15, 0.2) is 0 Å². The molecule has 8 heteroatoms. The lowest BCUT2D eigenvalue weighted by Crippen LogP contribution is -2.35. The van der Waals surface area contributed by atoms with Gasteiger partial charge in [0.2, 0.25) is 5.95 Å². The normalized spacial score (nSPS) is 12.9. The minimum absolute atomic E-state index is 0.00620. The van der Waals surface area contributed by atoms with E-state index < -0.39 is 0 Å². The number of nitrogens with zero attached hydrogens (tertiary/aromatic N) is 4. The Morgan fingerprint density at radius 3 is 2.62 bits per heavy atom. The fourth-order valence-corrected chi connectivity index (χ4v) is 4.68. The van der Waals surface area contributed by atoms with Gasteiger partial charge in [-0.2, -0.15) is 4.98 Å². The van der Waals surface area contributed by atoms with Crippen molar-refractivity contribution in [3.8, 4) is 11.1 Å². The van der Waals surface area contributed by atoms with E-state index in [1.165, 1.54) is 0 Å². The first-order valence-electron chi connectivity index (χ1n) is 11.2. The number of fused-ring (bicyclic) bond motifs is 1. The molecule has 0 saturated heterocycles. The third-order valence-corrected chi connectivity index (χ3v) is 6.45. The van der Waals surface area contributed by atoms with Crippen LogP contribution in [0.15, 0.2) is 77.7 Å². The average molecular weight is 492 g/mol. The molecule has 4 aromatic rings. The van der Waals surface area contributed by atoms with Crippen molar-refractivity contribution in [2.45, 2.75) is 19.4 Å². The highest BCUT2D eigenvalue weighted by atomic mass is 35.5. The molecule has 1 aliphatic heterocycles. The second kappa shape index (κ2) is 9.87. The molecule has 6 nitrogen and oxygen atoms in total. The molecule has 172 valence electrons. The molecule has 0 fully saturated rings. The number of anilines is 3. The number of pyridine rings is 1. The quantitative estimate of drug-likeness (QED) is 0.368. The van der Waals surface area contributed by atoms with Crippen molar-refractivity contribution in [1.29, 1.82) is 0 Å². The number of benzene rings is 2. The third-order valence-electron chi connectivity index (χ3n) is 5.86. The van der Waals surface area contributed by atoms with Crippen LogP contribution >= 0.6 is 23.2 Å². The number of hydrogen-bond donors (Lipinski definition) is 1. The van der Waals surface area contributed by atoms with Gasteiger partial charge in [0.05, 0.1) is 0 Å². The second-order valence-electron chi connectivity index (χ2n) is 8.11. The van der Waals surface area contributed by atoms with Crippen molar-refractivity contribution >= 4 is 40.8 Å². The number of aromatic nitrogens is 3. The molecule has 0 aliphatic carbocycles. The standard InChI is InChI=1S/C26H23Cl2N5O/c27-21-8-7-19(22(28)17-21)9-11-29-26-30-12-10-23(31-26)32-13-4-14-33-24(32)15-20(16-25(33)34)18-5-2-1-3-6-18/h1-3,5-8,10,12,15-17H,4,9,11,13-14H2,(H,29,30,31). The second-order valence-corrected chi connectivity index (χ2v) is 8.96. The van der Waals surface area contributed by atoms with Gasteiger partial charge in [-0.05, 0) is 53.8 Å². The zero-order valence-electron chi connectivity index (χ0n) is 18.4. The maximum atomic E-state index is 12.9. The van der Waals surface area contributed by atoms with Crippen LogP contribution in [0.1, 0.15) is 12.0 Å². The van der Waals surface area contributed by atoms with Crippen molar-refractivity contribution in [1.82, 2.24) is 14.5 Å². The molecule has 0 bridgehead atoms. The average Bonchev–Trinajstić information content (AvgIpc) is 2.86. The molecule has 34 heavy (non-hydrogen) atoms. The lowest BCUT2D eigenvalue weighted by Gasteiger charge is -2.31. The molecule has 0 saturated carbocycles. The Balaban J connectivity index is 1.38. The highest BCUT2D eigenvalue weighted by Gasteiger charge is 2.21. The SMILES string of the molecule is O=c1cc(-c2ccccc2)cc2n1CCCN2c1ccnc(NCCc2ccc(Cl)cc2Cl)n1. The first-order valence-corrected chi connectivity index (χ1v) is 11.9. The molecule has 5 rings (SSSR count). The van der Waals surface area contributed by atoms with Crippen LogP contribution in [-0.4, -0.2) is 27.6 Å². The molecule has 2 aromatic heterocycles. The fraction of sp³-hybridized carbons (Fsp3) is 0.192. The molecule has 1 aliphatic rings. The summed E-state index contributed by atoms with van der Waals surface area (Å²) in [7, 11) is 0. The van der Waals surface area contributed by atoms with Gasteiger partial charge in [-0.25, -0.2) is 4.98 Å². The van der Waals surface area contributed by atoms with Crippen LogP contribution in [0.25, 0.3) is 11.1 Å². The van der Waals surface area contributed by atoms with E-state index in [0.717, 1.165) is 41.3 Å². The Morgan fingerprint density at radius 2 is 1.79 bits per heavy atom. The van der Waals surface area contributed by atoms with E-state index >= 15 is 0 Å². The van der Waals surface area contributed by atoms with Gasteiger partial charge in [-0.15, -0.1) is 0 Å². The molecule has 0 unspecified atom stereocenters. The first kappa shape index (κ1) is 22.4. The summed E-state index contributed by atoms with van der Waals surface area (Å²) in [5.41, 5.74) is 2.91. The van der Waals surface area contributed by atoms with Crippen LogP contribution in [0.3, 0.4) is 0 Å². The number of halogens is 2. The molecular formula is C26H23Cl2N5O. The molecular weight excluding hydrogens is 469 g/mol. The largest absolute Gasteiger partial charge is 0.354 e. The molecule has 0 amide bonds. The molecule has 1 N–H and O–H groups in total. The zero-order chi connectivity index (χ0) is 23.5. The van der Waals surface area contributed by atoms with Crippen LogP contribution in [0.4, 0.5) is 17.6 Å². The van der Waals surface area contributed by atoms with Crippen LogP contribution in [-0.2, 0) is 13.0 Å². The Hall–Kier alpha value is -3.35. The maximum absolute atomic E-state index is 12.9. The Bertz CT molecular complexity index is 1370. The summed E-state index contributed by atoms with van der Waals surface area (Å²) in [6.45, 7) is 2.09. The van der Waals surface area contributed by atoms with Crippen molar-refractivity contribution in [2.24, 2.45) is 0 Å². The highest BCUT2D eigenvalue weighted by Crippen LogP contribution is 2.30. The van der Waals surface area contributed by atoms with Gasteiger partial charge >= 0.3 is 0 Å². The van der Waals surface area contributed by atoms with Crippen molar-refractivity contribution < 1.29 is 0 Å². The van der Waals surface area contributed by atoms with Crippen molar-refractivity contribution in [3.63, 3.8) is 0 Å². The molecule has 0 atom stereocenters. The van der Waals surface area contributed by atoms with Crippen LogP contribution in [0.2, 0.25) is 10.0 Å². The Morgan fingerprint density at radius 1 is 0.941 bits per heavy atom. The maximum Gasteiger partial charge on any atom is 0.252 e. The minimum atomic E-state index is -0.00620. The predicted molar refractivity (Wildman–Crippen MR) is 138 cm³/mol. The Kier molecular flexibility index (Phi) is 6.52. The van der Waals surface area contributed by atoms with E-state index in [9.17, 15) is 4.79 Å². The van der Waals surface area contributed by atoms with E-state index in [0.29, 0.717) is 35.5 Å². The lowest BCUT2D eigenvalue weighted by atomic mass is 10.1. The van der Waals surface area contributed by atoms with Crippen LogP contribution in [0.5, 0.6) is 0 Å². The monoisotopic (exact) mass is 491 g/mol. The van der Waals surface area contributed by atoms with E-state index in [4.69, 9.17) is 28.2 Å². The number of nitrogens with one attached hydrogen (secondary N) is 1. The Labute approximate surface area is 207 Å². The van der Waals surface area contributed by atoms with E-state index in [1.54, 1.807) is 18.3 Å². The summed E-state index contributed by atoms with van der Waals surface area (Å²) in [5, 5.41) is 4.54. The van der Waals surface area contributed by atoms with Gasteiger partial charge in [0.1, 0.15) is 11.6 Å². The minimum Gasteiger partial charge on any atom is -0.354 e. The summed E-state index contributed by atoms with van der Waals surface area (Å²) >= 11 is 12.3. The summed E-state index contributed by atoms with van der Waals surface area (Å²) in [4.78, 5) is 24.1. The number of hydrogen-bond acceptors (Lipinski definition) is 5. The topological polar surface area (TPSA) is 63.1 Å². The zero-order valence-corrected chi connectivity index (χ0v) is 19.9. The number of rotatable bonds is 6. The third kappa shape index (κ3) is 4.79. The fourth-order valence-electron chi connectivity index (χ4n) is 4.18. The van der Waals surface area contributed by atoms with Crippen molar-refractivity contribution in [3.05, 3.63) is 98.9 Å². The van der Waals surface area contributed by atoms with Gasteiger partial charge < -0.3 is 10.2 Å². The molecule has 2 aromatic carbocycles. The van der Waals surface area contributed by atoms with E-state index in [1.807, 2.05) is 53.1 Å². The van der Waals surface area contributed by atoms with Gasteiger partial charge in [0, 0.05) is 41.9 Å². The van der Waals surface area contributed by atoms with Gasteiger partial charge in [-0.1, -0.05) is 59.6 Å². The molecule has 3 heterocycles.